The van der Waals surface area contributed by atoms with Crippen molar-refractivity contribution >= 4 is 21.4 Å². The molecule has 0 atom stereocenters. The van der Waals surface area contributed by atoms with Gasteiger partial charge in [-0.2, -0.15) is 0 Å². The molecule has 0 aromatic heterocycles. The number of ether oxygens (including phenoxy) is 2. The quantitative estimate of drug-likeness (QED) is 0.397. The summed E-state index contributed by atoms with van der Waals surface area (Å²) in [6, 6.07) is 18.8. The Kier molecular flexibility index (Phi) is 6.22. The first kappa shape index (κ1) is 21.1. The van der Waals surface area contributed by atoms with Gasteiger partial charge in [0, 0.05) is 30.3 Å². The lowest BCUT2D eigenvalue weighted by molar-refractivity contribution is -0.385. The van der Waals surface area contributed by atoms with E-state index in [9.17, 15) is 18.5 Å². The van der Waals surface area contributed by atoms with Gasteiger partial charge in [-0.3, -0.25) is 14.4 Å². The van der Waals surface area contributed by atoms with E-state index < -0.39 is 14.9 Å². The van der Waals surface area contributed by atoms with Crippen LogP contribution in [-0.4, -0.2) is 27.6 Å². The Labute approximate surface area is 174 Å². The summed E-state index contributed by atoms with van der Waals surface area (Å²) >= 11 is 0. The SMILES string of the molecule is COc1cc(OC)cc(N(Cc2ccccc2)S(=O)(=O)c2cccc([N+](=O)[O-])c2)c1. The van der Waals surface area contributed by atoms with E-state index >= 15 is 0 Å². The topological polar surface area (TPSA) is 99.0 Å². The van der Waals surface area contributed by atoms with Crippen LogP contribution in [0.1, 0.15) is 5.56 Å². The highest BCUT2D eigenvalue weighted by molar-refractivity contribution is 7.92. The number of benzene rings is 3. The number of nitrogens with zero attached hydrogens (tertiary/aromatic N) is 2. The number of hydrogen-bond donors (Lipinski definition) is 0. The minimum Gasteiger partial charge on any atom is -0.497 e. The predicted molar refractivity (Wildman–Crippen MR) is 112 cm³/mol. The summed E-state index contributed by atoms with van der Waals surface area (Å²) in [5, 5.41) is 11.1. The lowest BCUT2D eigenvalue weighted by Crippen LogP contribution is -2.30. The first-order chi connectivity index (χ1) is 14.3. The van der Waals surface area contributed by atoms with E-state index in [4.69, 9.17) is 9.47 Å². The Morgan fingerprint density at radius 1 is 0.900 bits per heavy atom. The first-order valence-electron chi connectivity index (χ1n) is 8.89. The van der Waals surface area contributed by atoms with E-state index in [0.29, 0.717) is 17.2 Å². The second-order valence-electron chi connectivity index (χ2n) is 6.32. The Balaban J connectivity index is 2.16. The molecule has 0 aliphatic carbocycles. The molecule has 0 bridgehead atoms. The van der Waals surface area contributed by atoms with Crippen LogP contribution in [-0.2, 0) is 16.6 Å². The Morgan fingerprint density at radius 3 is 2.10 bits per heavy atom. The third-order valence-corrected chi connectivity index (χ3v) is 6.18. The average Bonchev–Trinajstić information content (AvgIpc) is 2.77. The molecule has 156 valence electrons. The molecule has 3 aromatic rings. The van der Waals surface area contributed by atoms with E-state index in [1.807, 2.05) is 6.07 Å². The molecule has 0 unspecified atom stereocenters. The summed E-state index contributed by atoms with van der Waals surface area (Å²) in [7, 11) is -1.21. The maximum absolute atomic E-state index is 13.5. The largest absolute Gasteiger partial charge is 0.497 e. The molecule has 3 rings (SSSR count). The fraction of sp³-hybridized carbons (Fsp3) is 0.143. The molecule has 0 saturated heterocycles. The Morgan fingerprint density at radius 2 is 1.53 bits per heavy atom. The van der Waals surface area contributed by atoms with E-state index in [1.54, 1.807) is 42.5 Å². The minimum absolute atomic E-state index is 0.0161. The van der Waals surface area contributed by atoms with Crippen molar-refractivity contribution < 1.29 is 22.8 Å². The van der Waals surface area contributed by atoms with Gasteiger partial charge in [-0.05, 0) is 11.6 Å². The number of sulfonamides is 1. The number of rotatable bonds is 8. The highest BCUT2D eigenvalue weighted by Crippen LogP contribution is 2.33. The third-order valence-electron chi connectivity index (χ3n) is 4.41. The molecule has 8 nitrogen and oxygen atoms in total. The van der Waals surface area contributed by atoms with Crippen LogP contribution in [0.15, 0.2) is 77.7 Å². The van der Waals surface area contributed by atoms with Gasteiger partial charge < -0.3 is 9.47 Å². The summed E-state index contributed by atoms with van der Waals surface area (Å²) in [5.74, 6) is 0.827. The third kappa shape index (κ3) is 4.52. The van der Waals surface area contributed by atoms with Crippen molar-refractivity contribution in [1.82, 2.24) is 0 Å². The van der Waals surface area contributed by atoms with Crippen molar-refractivity contribution in [3.8, 4) is 11.5 Å². The van der Waals surface area contributed by atoms with Crippen LogP contribution >= 0.6 is 0 Å². The maximum Gasteiger partial charge on any atom is 0.270 e. The Hall–Kier alpha value is -3.59. The molecule has 0 fully saturated rings. The van der Waals surface area contributed by atoms with Crippen LogP contribution in [0.2, 0.25) is 0 Å². The van der Waals surface area contributed by atoms with Gasteiger partial charge in [-0.25, -0.2) is 8.42 Å². The van der Waals surface area contributed by atoms with Crippen molar-refractivity contribution in [2.75, 3.05) is 18.5 Å². The van der Waals surface area contributed by atoms with Crippen LogP contribution in [0, 0.1) is 10.1 Å². The molecule has 9 heteroatoms. The molecular formula is C21H20N2O6S. The zero-order valence-corrected chi connectivity index (χ0v) is 17.2. The van der Waals surface area contributed by atoms with Crippen LogP contribution in [0.4, 0.5) is 11.4 Å². The molecule has 0 amide bonds. The summed E-state index contributed by atoms with van der Waals surface area (Å²) in [4.78, 5) is 10.3. The second-order valence-corrected chi connectivity index (χ2v) is 8.18. The van der Waals surface area contributed by atoms with Gasteiger partial charge in [0.1, 0.15) is 11.5 Å². The van der Waals surface area contributed by atoms with Crippen LogP contribution in [0.5, 0.6) is 11.5 Å². The van der Waals surface area contributed by atoms with Crippen molar-refractivity contribution in [3.05, 3.63) is 88.5 Å². The summed E-state index contributed by atoms with van der Waals surface area (Å²) in [6.45, 7) is 0.0161. The number of nitro benzene ring substituents is 1. The molecular weight excluding hydrogens is 408 g/mol. The zero-order chi connectivity index (χ0) is 21.7. The standard InChI is InChI=1S/C21H20N2O6S/c1-28-19-11-18(12-20(14-19)29-2)22(15-16-7-4-3-5-8-16)30(26,27)21-10-6-9-17(13-21)23(24)25/h3-14H,15H2,1-2H3. The normalized spacial score (nSPS) is 11.0. The van der Waals surface area contributed by atoms with Gasteiger partial charge in [-0.15, -0.1) is 0 Å². The smallest absolute Gasteiger partial charge is 0.270 e. The van der Waals surface area contributed by atoms with Gasteiger partial charge in [0.25, 0.3) is 15.7 Å². The van der Waals surface area contributed by atoms with Gasteiger partial charge >= 0.3 is 0 Å². The predicted octanol–water partition coefficient (Wildman–Crippen LogP) is 4.01. The van der Waals surface area contributed by atoms with E-state index in [0.717, 1.165) is 11.6 Å². The van der Waals surface area contributed by atoms with Crippen molar-refractivity contribution in [2.24, 2.45) is 0 Å². The minimum atomic E-state index is -4.14. The summed E-state index contributed by atoms with van der Waals surface area (Å²) in [6.07, 6.45) is 0. The second kappa shape index (κ2) is 8.83. The number of hydrogen-bond acceptors (Lipinski definition) is 6. The number of nitro groups is 1. The zero-order valence-electron chi connectivity index (χ0n) is 16.4. The highest BCUT2D eigenvalue weighted by atomic mass is 32.2. The van der Waals surface area contributed by atoms with Crippen LogP contribution in [0.3, 0.4) is 0 Å². The molecule has 0 heterocycles. The molecule has 0 N–H and O–H groups in total. The fourth-order valence-electron chi connectivity index (χ4n) is 2.89. The molecule has 0 saturated carbocycles. The number of methoxy groups -OCH3 is 2. The highest BCUT2D eigenvalue weighted by Gasteiger charge is 2.27. The fourth-order valence-corrected chi connectivity index (χ4v) is 4.36. The van der Waals surface area contributed by atoms with Crippen molar-refractivity contribution in [2.45, 2.75) is 11.4 Å². The van der Waals surface area contributed by atoms with Gasteiger partial charge in [0.2, 0.25) is 0 Å². The number of non-ortho nitro benzene ring substituents is 1. The Bertz CT molecular complexity index is 1130. The molecule has 0 aliphatic heterocycles. The lowest BCUT2D eigenvalue weighted by Gasteiger charge is -2.25. The van der Waals surface area contributed by atoms with Crippen molar-refractivity contribution in [3.63, 3.8) is 0 Å². The first-order valence-corrected chi connectivity index (χ1v) is 10.3. The average molecular weight is 428 g/mol. The summed E-state index contributed by atoms with van der Waals surface area (Å²) in [5.41, 5.74) is 0.744. The van der Waals surface area contributed by atoms with Gasteiger partial charge in [-0.1, -0.05) is 36.4 Å². The van der Waals surface area contributed by atoms with Crippen molar-refractivity contribution in [1.29, 1.82) is 0 Å². The van der Waals surface area contributed by atoms with Gasteiger partial charge in [0.05, 0.1) is 36.3 Å². The van der Waals surface area contributed by atoms with E-state index in [1.165, 1.54) is 36.7 Å². The maximum atomic E-state index is 13.5. The molecule has 3 aromatic carbocycles. The molecule has 30 heavy (non-hydrogen) atoms. The van der Waals surface area contributed by atoms with E-state index in [-0.39, 0.29) is 17.1 Å². The van der Waals surface area contributed by atoms with Gasteiger partial charge in [0.15, 0.2) is 0 Å². The molecule has 0 aliphatic rings. The molecule has 0 radical (unpaired) electrons. The monoisotopic (exact) mass is 428 g/mol. The van der Waals surface area contributed by atoms with E-state index in [2.05, 4.69) is 0 Å². The summed E-state index contributed by atoms with van der Waals surface area (Å²) < 4.78 is 38.8. The van der Waals surface area contributed by atoms with Crippen LogP contribution in [0.25, 0.3) is 0 Å². The van der Waals surface area contributed by atoms with Crippen LogP contribution < -0.4 is 13.8 Å². The number of anilines is 1. The molecule has 0 spiro atoms. The lowest BCUT2D eigenvalue weighted by atomic mass is 10.2.